The summed E-state index contributed by atoms with van der Waals surface area (Å²) >= 11 is 7.91. The van der Waals surface area contributed by atoms with Crippen molar-refractivity contribution in [3.63, 3.8) is 0 Å². The highest BCUT2D eigenvalue weighted by Crippen LogP contribution is 2.25. The van der Waals surface area contributed by atoms with E-state index in [1.807, 2.05) is 0 Å². The first-order chi connectivity index (χ1) is 7.39. The zero-order valence-electron chi connectivity index (χ0n) is 8.70. The first-order valence-corrected chi connectivity index (χ1v) is 6.31. The molecule has 86 valence electrons. The normalized spacial score (nSPS) is 18.1. The lowest BCUT2D eigenvalue weighted by Gasteiger charge is -2.44. The standard InChI is InChI=1S/C11H11ClINO2/c1-11(16)5-14(6-11)10(15)8-3-2-7(12)4-9(8)13/h2-4,16H,5-6H2,1H3. The number of carbonyl (C=O) groups excluding carboxylic acids is 1. The van der Waals surface area contributed by atoms with Crippen molar-refractivity contribution in [2.75, 3.05) is 13.1 Å². The first-order valence-electron chi connectivity index (χ1n) is 4.86. The molecule has 1 aliphatic rings. The molecule has 1 aromatic rings. The molecule has 0 bridgehead atoms. The van der Waals surface area contributed by atoms with Gasteiger partial charge in [-0.25, -0.2) is 0 Å². The summed E-state index contributed by atoms with van der Waals surface area (Å²) in [7, 11) is 0. The number of nitrogens with zero attached hydrogens (tertiary/aromatic N) is 1. The maximum atomic E-state index is 12.0. The maximum absolute atomic E-state index is 12.0. The molecule has 5 heteroatoms. The fourth-order valence-corrected chi connectivity index (χ4v) is 2.86. The Kier molecular flexibility index (Phi) is 3.16. The number of carbonyl (C=O) groups is 1. The second-order valence-corrected chi connectivity index (χ2v) is 5.88. The highest BCUT2D eigenvalue weighted by molar-refractivity contribution is 14.1. The number of rotatable bonds is 1. The highest BCUT2D eigenvalue weighted by Gasteiger charge is 2.39. The van der Waals surface area contributed by atoms with Gasteiger partial charge in [0.15, 0.2) is 0 Å². The van der Waals surface area contributed by atoms with Crippen molar-refractivity contribution in [3.8, 4) is 0 Å². The number of likely N-dealkylation sites (tertiary alicyclic amines) is 1. The van der Waals surface area contributed by atoms with Crippen LogP contribution in [0, 0.1) is 3.57 Å². The van der Waals surface area contributed by atoms with Gasteiger partial charge in [0.2, 0.25) is 0 Å². The number of halogens is 2. The van der Waals surface area contributed by atoms with E-state index >= 15 is 0 Å². The van der Waals surface area contributed by atoms with Crippen LogP contribution in [0.3, 0.4) is 0 Å². The molecule has 0 radical (unpaired) electrons. The van der Waals surface area contributed by atoms with E-state index in [1.165, 1.54) is 0 Å². The van der Waals surface area contributed by atoms with Crippen LogP contribution in [0.25, 0.3) is 0 Å². The summed E-state index contributed by atoms with van der Waals surface area (Å²) in [5, 5.41) is 10.2. The van der Waals surface area contributed by atoms with Gasteiger partial charge < -0.3 is 10.0 Å². The minimum Gasteiger partial charge on any atom is -0.386 e. The van der Waals surface area contributed by atoms with E-state index in [9.17, 15) is 9.90 Å². The van der Waals surface area contributed by atoms with Crippen LogP contribution in [0.15, 0.2) is 18.2 Å². The van der Waals surface area contributed by atoms with Gasteiger partial charge in [-0.2, -0.15) is 0 Å². The van der Waals surface area contributed by atoms with E-state index in [0.29, 0.717) is 23.7 Å². The quantitative estimate of drug-likeness (QED) is 0.788. The average molecular weight is 352 g/mol. The third-order valence-electron chi connectivity index (χ3n) is 2.51. The van der Waals surface area contributed by atoms with Gasteiger partial charge >= 0.3 is 0 Å². The fraction of sp³-hybridized carbons (Fsp3) is 0.364. The largest absolute Gasteiger partial charge is 0.386 e. The zero-order chi connectivity index (χ0) is 11.9. The number of hydrogen-bond acceptors (Lipinski definition) is 2. The van der Waals surface area contributed by atoms with E-state index < -0.39 is 5.60 Å². The Labute approximate surface area is 113 Å². The Balaban J connectivity index is 2.16. The molecule has 0 saturated carbocycles. The van der Waals surface area contributed by atoms with Crippen LogP contribution in [0.5, 0.6) is 0 Å². The Hall–Kier alpha value is -0.330. The van der Waals surface area contributed by atoms with Crippen LogP contribution in [0.2, 0.25) is 5.02 Å². The molecule has 2 rings (SSSR count). The van der Waals surface area contributed by atoms with E-state index in [0.717, 1.165) is 3.57 Å². The van der Waals surface area contributed by atoms with E-state index in [-0.39, 0.29) is 5.91 Å². The third-order valence-corrected chi connectivity index (χ3v) is 3.64. The van der Waals surface area contributed by atoms with Gasteiger partial charge in [-0.15, -0.1) is 0 Å². The molecule has 1 amide bonds. The third kappa shape index (κ3) is 2.33. The topological polar surface area (TPSA) is 40.5 Å². The second-order valence-electron chi connectivity index (χ2n) is 4.28. The molecule has 0 atom stereocenters. The van der Waals surface area contributed by atoms with Gasteiger partial charge in [-0.3, -0.25) is 4.79 Å². The number of benzene rings is 1. The maximum Gasteiger partial charge on any atom is 0.255 e. The predicted molar refractivity (Wildman–Crippen MR) is 70.7 cm³/mol. The molecule has 0 unspecified atom stereocenters. The van der Waals surface area contributed by atoms with Crippen molar-refractivity contribution in [3.05, 3.63) is 32.4 Å². The summed E-state index contributed by atoms with van der Waals surface area (Å²) in [6.45, 7) is 2.51. The molecular weight excluding hydrogens is 340 g/mol. The molecule has 3 nitrogen and oxygen atoms in total. The molecular formula is C11H11ClINO2. The average Bonchev–Trinajstić information content (AvgIpc) is 2.13. The summed E-state index contributed by atoms with van der Waals surface area (Å²) in [6, 6.07) is 5.18. The van der Waals surface area contributed by atoms with E-state index in [2.05, 4.69) is 22.6 Å². The molecule has 1 N–H and O–H groups in total. The van der Waals surface area contributed by atoms with Crippen molar-refractivity contribution in [2.45, 2.75) is 12.5 Å². The second kappa shape index (κ2) is 4.16. The summed E-state index contributed by atoms with van der Waals surface area (Å²) in [4.78, 5) is 13.6. The van der Waals surface area contributed by atoms with Crippen LogP contribution >= 0.6 is 34.2 Å². The minimum atomic E-state index is -0.729. The summed E-state index contributed by atoms with van der Waals surface area (Å²) in [5.74, 6) is -0.0485. The summed E-state index contributed by atoms with van der Waals surface area (Å²) in [5.41, 5.74) is -0.0893. The van der Waals surface area contributed by atoms with Crippen molar-refractivity contribution < 1.29 is 9.90 Å². The van der Waals surface area contributed by atoms with Crippen molar-refractivity contribution in [1.29, 1.82) is 0 Å². The number of amides is 1. The Morgan fingerprint density at radius 3 is 2.69 bits per heavy atom. The van der Waals surface area contributed by atoms with Crippen molar-refractivity contribution >= 4 is 40.1 Å². The first kappa shape index (κ1) is 12.1. The molecule has 1 aromatic carbocycles. The van der Waals surface area contributed by atoms with E-state index in [1.54, 1.807) is 30.0 Å². The predicted octanol–water partition coefficient (Wildman–Crippen LogP) is 2.15. The molecule has 16 heavy (non-hydrogen) atoms. The lowest BCUT2D eigenvalue weighted by atomic mass is 9.96. The molecule has 1 aliphatic heterocycles. The monoisotopic (exact) mass is 351 g/mol. The fourth-order valence-electron chi connectivity index (χ4n) is 1.75. The van der Waals surface area contributed by atoms with Crippen LogP contribution < -0.4 is 0 Å². The number of aliphatic hydroxyl groups is 1. The van der Waals surface area contributed by atoms with Gasteiger partial charge in [0.1, 0.15) is 0 Å². The van der Waals surface area contributed by atoms with Crippen LogP contribution in [-0.4, -0.2) is 34.6 Å². The highest BCUT2D eigenvalue weighted by atomic mass is 127. The van der Waals surface area contributed by atoms with Gasteiger partial charge in [-0.1, -0.05) is 11.6 Å². The van der Waals surface area contributed by atoms with Crippen molar-refractivity contribution in [2.24, 2.45) is 0 Å². The van der Waals surface area contributed by atoms with E-state index in [4.69, 9.17) is 11.6 Å². The van der Waals surface area contributed by atoms with Gasteiger partial charge in [-0.05, 0) is 47.7 Å². The SMILES string of the molecule is CC1(O)CN(C(=O)c2ccc(Cl)cc2I)C1. The lowest BCUT2D eigenvalue weighted by Crippen LogP contribution is -2.61. The molecule has 1 fully saturated rings. The Bertz CT molecular complexity index is 440. The zero-order valence-corrected chi connectivity index (χ0v) is 11.6. The lowest BCUT2D eigenvalue weighted by molar-refractivity contribution is -0.0669. The molecule has 1 heterocycles. The van der Waals surface area contributed by atoms with Crippen LogP contribution in [0.1, 0.15) is 17.3 Å². The van der Waals surface area contributed by atoms with Crippen molar-refractivity contribution in [1.82, 2.24) is 4.90 Å². The summed E-state index contributed by atoms with van der Waals surface area (Å²) in [6.07, 6.45) is 0. The number of β-amino-alcohol motifs (C(OH)–C–C–N with tert-alkyl or cyclic N) is 1. The smallest absolute Gasteiger partial charge is 0.255 e. The van der Waals surface area contributed by atoms with Crippen LogP contribution in [-0.2, 0) is 0 Å². The molecule has 1 saturated heterocycles. The molecule has 0 aliphatic carbocycles. The van der Waals surface area contributed by atoms with Gasteiger partial charge in [0.05, 0.1) is 24.3 Å². The molecule has 0 spiro atoms. The van der Waals surface area contributed by atoms with Gasteiger partial charge in [0, 0.05) is 8.59 Å². The Morgan fingerprint density at radius 2 is 2.19 bits per heavy atom. The molecule has 0 aromatic heterocycles. The van der Waals surface area contributed by atoms with Gasteiger partial charge in [0.25, 0.3) is 5.91 Å². The van der Waals surface area contributed by atoms with Crippen LogP contribution in [0.4, 0.5) is 0 Å². The minimum absolute atomic E-state index is 0.0485. The number of hydrogen-bond donors (Lipinski definition) is 1. The summed E-state index contributed by atoms with van der Waals surface area (Å²) < 4.78 is 0.835. The Morgan fingerprint density at radius 1 is 1.56 bits per heavy atom.